The highest BCUT2D eigenvalue weighted by Crippen LogP contribution is 2.44. The Morgan fingerprint density at radius 1 is 1.00 bits per heavy atom. The van der Waals surface area contributed by atoms with Crippen molar-refractivity contribution in [3.63, 3.8) is 0 Å². The standard InChI is InChI=1S/C26H31FN2O3/c27-21-9-6-8-20(16-21)26(13-4-5-14-26)24(31)29-15-7-12-25(18-29,17-23(28)30)19-32-22-10-2-1-3-11-22/h1-3,6,8-11,16H,4-5,7,12-15,17-19H2,(H2,28,30). The van der Waals surface area contributed by atoms with Crippen molar-refractivity contribution in [2.45, 2.75) is 50.4 Å². The maximum absolute atomic E-state index is 14.0. The van der Waals surface area contributed by atoms with Crippen molar-refractivity contribution in [1.29, 1.82) is 0 Å². The molecule has 5 nitrogen and oxygen atoms in total. The van der Waals surface area contributed by atoms with E-state index in [0.29, 0.717) is 19.7 Å². The van der Waals surface area contributed by atoms with Crippen molar-refractivity contribution in [3.05, 3.63) is 66.0 Å². The summed E-state index contributed by atoms with van der Waals surface area (Å²) in [4.78, 5) is 27.8. The summed E-state index contributed by atoms with van der Waals surface area (Å²) in [7, 11) is 0. The van der Waals surface area contributed by atoms with E-state index in [1.165, 1.54) is 12.1 Å². The Hall–Kier alpha value is -2.89. The van der Waals surface area contributed by atoms with E-state index in [4.69, 9.17) is 10.5 Å². The molecular weight excluding hydrogens is 407 g/mol. The number of rotatable bonds is 7. The molecule has 1 aliphatic heterocycles. The molecule has 2 aromatic rings. The van der Waals surface area contributed by atoms with Crippen LogP contribution in [0.15, 0.2) is 54.6 Å². The van der Waals surface area contributed by atoms with E-state index < -0.39 is 16.7 Å². The first-order valence-corrected chi connectivity index (χ1v) is 11.4. The molecule has 2 fully saturated rings. The Kier molecular flexibility index (Phi) is 6.49. The first-order chi connectivity index (χ1) is 15.4. The maximum atomic E-state index is 14.0. The minimum atomic E-state index is -0.696. The van der Waals surface area contributed by atoms with Crippen molar-refractivity contribution >= 4 is 11.8 Å². The molecule has 170 valence electrons. The van der Waals surface area contributed by atoms with Crippen LogP contribution in [0.4, 0.5) is 4.39 Å². The van der Waals surface area contributed by atoms with E-state index in [1.54, 1.807) is 6.07 Å². The number of piperidine rings is 1. The molecule has 2 amide bonds. The molecule has 1 heterocycles. The average Bonchev–Trinajstić information content (AvgIpc) is 3.29. The molecule has 2 N–H and O–H groups in total. The number of likely N-dealkylation sites (tertiary alicyclic amines) is 1. The van der Waals surface area contributed by atoms with Gasteiger partial charge in [-0.3, -0.25) is 9.59 Å². The minimum absolute atomic E-state index is 0.0360. The number of ether oxygens (including phenoxy) is 1. The maximum Gasteiger partial charge on any atom is 0.233 e. The molecule has 1 saturated heterocycles. The molecule has 1 unspecified atom stereocenters. The lowest BCUT2D eigenvalue weighted by atomic mass is 9.74. The van der Waals surface area contributed by atoms with Gasteiger partial charge in [0.15, 0.2) is 0 Å². The highest BCUT2D eigenvalue weighted by Gasteiger charge is 2.48. The second-order valence-corrected chi connectivity index (χ2v) is 9.37. The Balaban J connectivity index is 1.58. The van der Waals surface area contributed by atoms with Crippen LogP contribution in [0.5, 0.6) is 5.75 Å². The van der Waals surface area contributed by atoms with Gasteiger partial charge in [-0.25, -0.2) is 4.39 Å². The number of hydrogen-bond acceptors (Lipinski definition) is 3. The molecule has 1 aliphatic carbocycles. The molecule has 0 spiro atoms. The lowest BCUT2D eigenvalue weighted by Crippen LogP contribution is -2.54. The topological polar surface area (TPSA) is 72.6 Å². The molecular formula is C26H31FN2O3. The molecule has 4 rings (SSSR count). The number of amides is 2. The Morgan fingerprint density at radius 3 is 2.44 bits per heavy atom. The normalized spacial score (nSPS) is 22.5. The number of primary amides is 1. The fourth-order valence-corrected chi connectivity index (χ4v) is 5.51. The van der Waals surface area contributed by atoms with E-state index in [9.17, 15) is 14.0 Å². The van der Waals surface area contributed by atoms with Crippen molar-refractivity contribution in [3.8, 4) is 5.75 Å². The zero-order valence-corrected chi connectivity index (χ0v) is 18.4. The summed E-state index contributed by atoms with van der Waals surface area (Å²) in [6, 6.07) is 15.9. The number of nitrogens with two attached hydrogens (primary N) is 1. The molecule has 0 bridgehead atoms. The minimum Gasteiger partial charge on any atom is -0.493 e. The summed E-state index contributed by atoms with van der Waals surface area (Å²) in [5.74, 6) is 0.0527. The van der Waals surface area contributed by atoms with Gasteiger partial charge in [0.2, 0.25) is 11.8 Å². The SMILES string of the molecule is NC(=O)CC1(COc2ccccc2)CCCN(C(=O)C2(c3cccc(F)c3)CCCC2)C1. The predicted octanol–water partition coefficient (Wildman–Crippen LogP) is 4.20. The van der Waals surface area contributed by atoms with Gasteiger partial charge in [-0.2, -0.15) is 0 Å². The summed E-state index contributed by atoms with van der Waals surface area (Å²) in [6.07, 6.45) is 5.02. The van der Waals surface area contributed by atoms with Gasteiger partial charge in [-0.1, -0.05) is 43.2 Å². The Bertz CT molecular complexity index is 959. The second-order valence-electron chi connectivity index (χ2n) is 9.37. The van der Waals surface area contributed by atoms with E-state index in [1.807, 2.05) is 41.3 Å². The van der Waals surface area contributed by atoms with Crippen LogP contribution in [-0.4, -0.2) is 36.4 Å². The van der Waals surface area contributed by atoms with Crippen LogP contribution < -0.4 is 10.5 Å². The van der Waals surface area contributed by atoms with E-state index in [2.05, 4.69) is 0 Å². The van der Waals surface area contributed by atoms with Crippen molar-refractivity contribution in [2.75, 3.05) is 19.7 Å². The molecule has 1 saturated carbocycles. The van der Waals surface area contributed by atoms with Crippen LogP contribution in [0.2, 0.25) is 0 Å². The van der Waals surface area contributed by atoms with Crippen LogP contribution in [0, 0.1) is 11.2 Å². The largest absolute Gasteiger partial charge is 0.493 e. The lowest BCUT2D eigenvalue weighted by Gasteiger charge is -2.45. The Labute approximate surface area is 188 Å². The van der Waals surface area contributed by atoms with Gasteiger partial charge in [0.1, 0.15) is 11.6 Å². The summed E-state index contributed by atoms with van der Waals surface area (Å²) in [5.41, 5.74) is 5.14. The molecule has 6 heteroatoms. The summed E-state index contributed by atoms with van der Waals surface area (Å²) >= 11 is 0. The number of halogens is 1. The summed E-state index contributed by atoms with van der Waals surface area (Å²) < 4.78 is 20.1. The van der Waals surface area contributed by atoms with Crippen molar-refractivity contribution in [1.82, 2.24) is 4.90 Å². The second kappa shape index (κ2) is 9.31. The third-order valence-electron chi connectivity index (χ3n) is 7.03. The van der Waals surface area contributed by atoms with Gasteiger partial charge in [-0.05, 0) is 55.5 Å². The first kappa shape index (κ1) is 22.3. The summed E-state index contributed by atoms with van der Waals surface area (Å²) in [6.45, 7) is 1.36. The monoisotopic (exact) mass is 438 g/mol. The van der Waals surface area contributed by atoms with E-state index >= 15 is 0 Å². The van der Waals surface area contributed by atoms with E-state index in [0.717, 1.165) is 49.8 Å². The quantitative estimate of drug-likeness (QED) is 0.704. The van der Waals surface area contributed by atoms with Gasteiger partial charge in [0, 0.05) is 24.9 Å². The van der Waals surface area contributed by atoms with Gasteiger partial charge in [0.05, 0.1) is 12.0 Å². The van der Waals surface area contributed by atoms with Gasteiger partial charge >= 0.3 is 0 Å². The zero-order valence-electron chi connectivity index (χ0n) is 18.4. The first-order valence-electron chi connectivity index (χ1n) is 11.4. The van der Waals surface area contributed by atoms with Crippen LogP contribution in [0.25, 0.3) is 0 Å². The number of nitrogens with zero attached hydrogens (tertiary/aromatic N) is 1. The molecule has 0 radical (unpaired) electrons. The number of hydrogen-bond donors (Lipinski definition) is 1. The fourth-order valence-electron chi connectivity index (χ4n) is 5.51. The molecule has 0 aromatic heterocycles. The van der Waals surface area contributed by atoms with Crippen molar-refractivity contribution in [2.24, 2.45) is 11.1 Å². The Morgan fingerprint density at radius 2 is 1.75 bits per heavy atom. The summed E-state index contributed by atoms with van der Waals surface area (Å²) in [5, 5.41) is 0. The van der Waals surface area contributed by atoms with Crippen LogP contribution >= 0.6 is 0 Å². The molecule has 32 heavy (non-hydrogen) atoms. The number of benzene rings is 2. The zero-order chi connectivity index (χ0) is 22.6. The molecule has 2 aromatic carbocycles. The van der Waals surface area contributed by atoms with Crippen LogP contribution in [0.3, 0.4) is 0 Å². The van der Waals surface area contributed by atoms with E-state index in [-0.39, 0.29) is 18.1 Å². The van der Waals surface area contributed by atoms with Crippen LogP contribution in [0.1, 0.15) is 50.5 Å². The number of para-hydroxylation sites is 1. The highest BCUT2D eigenvalue weighted by molar-refractivity contribution is 5.89. The van der Waals surface area contributed by atoms with Gasteiger partial charge in [0.25, 0.3) is 0 Å². The third kappa shape index (κ3) is 4.64. The third-order valence-corrected chi connectivity index (χ3v) is 7.03. The smallest absolute Gasteiger partial charge is 0.233 e. The predicted molar refractivity (Wildman–Crippen MR) is 121 cm³/mol. The van der Waals surface area contributed by atoms with Crippen molar-refractivity contribution < 1.29 is 18.7 Å². The van der Waals surface area contributed by atoms with Gasteiger partial charge in [-0.15, -0.1) is 0 Å². The lowest BCUT2D eigenvalue weighted by molar-refractivity contribution is -0.143. The number of carbonyl (C=O) groups is 2. The number of carbonyl (C=O) groups excluding carboxylic acids is 2. The fraction of sp³-hybridized carbons (Fsp3) is 0.462. The molecule has 2 aliphatic rings. The van der Waals surface area contributed by atoms with Crippen LogP contribution in [-0.2, 0) is 15.0 Å². The van der Waals surface area contributed by atoms with Gasteiger partial charge < -0.3 is 15.4 Å². The highest BCUT2D eigenvalue weighted by atomic mass is 19.1. The average molecular weight is 439 g/mol. The molecule has 1 atom stereocenters.